The van der Waals surface area contributed by atoms with Crippen LogP contribution in [0.5, 0.6) is 5.75 Å². The SMILES string of the molecule is CCCOc1ccc(CN[C@H](C)c2cccc(Br)c2)cc1. The average molecular weight is 348 g/mol. The van der Waals surface area contributed by atoms with Gasteiger partial charge in [0.25, 0.3) is 0 Å². The summed E-state index contributed by atoms with van der Waals surface area (Å²) in [5.41, 5.74) is 2.55. The summed E-state index contributed by atoms with van der Waals surface area (Å²) in [7, 11) is 0. The molecule has 0 heterocycles. The second-order valence-corrected chi connectivity index (χ2v) is 6.07. The molecule has 0 spiro atoms. The van der Waals surface area contributed by atoms with Gasteiger partial charge in [0.1, 0.15) is 5.75 Å². The van der Waals surface area contributed by atoms with Crippen molar-refractivity contribution in [1.29, 1.82) is 0 Å². The van der Waals surface area contributed by atoms with Crippen LogP contribution >= 0.6 is 15.9 Å². The lowest BCUT2D eigenvalue weighted by Gasteiger charge is -2.15. The molecule has 2 aromatic rings. The molecule has 0 saturated carbocycles. The molecule has 0 fully saturated rings. The van der Waals surface area contributed by atoms with Crippen LogP contribution in [-0.4, -0.2) is 6.61 Å². The van der Waals surface area contributed by atoms with Crippen molar-refractivity contribution in [2.24, 2.45) is 0 Å². The maximum Gasteiger partial charge on any atom is 0.119 e. The largest absolute Gasteiger partial charge is 0.494 e. The normalized spacial score (nSPS) is 12.1. The fourth-order valence-corrected chi connectivity index (χ4v) is 2.51. The van der Waals surface area contributed by atoms with Crippen LogP contribution in [0, 0.1) is 0 Å². The number of rotatable bonds is 7. The van der Waals surface area contributed by atoms with Crippen molar-refractivity contribution in [1.82, 2.24) is 5.32 Å². The van der Waals surface area contributed by atoms with Crippen LogP contribution in [0.15, 0.2) is 53.0 Å². The van der Waals surface area contributed by atoms with Gasteiger partial charge in [-0.25, -0.2) is 0 Å². The Morgan fingerprint density at radius 3 is 2.57 bits per heavy atom. The molecule has 0 aliphatic heterocycles. The lowest BCUT2D eigenvalue weighted by atomic mass is 10.1. The zero-order chi connectivity index (χ0) is 15.1. The molecule has 112 valence electrons. The average Bonchev–Trinajstić information content (AvgIpc) is 2.51. The third-order valence-corrected chi connectivity index (χ3v) is 3.85. The first-order valence-corrected chi connectivity index (χ1v) is 8.19. The summed E-state index contributed by atoms with van der Waals surface area (Å²) in [5, 5.41) is 3.54. The van der Waals surface area contributed by atoms with Gasteiger partial charge in [0.2, 0.25) is 0 Å². The number of hydrogen-bond acceptors (Lipinski definition) is 2. The third-order valence-electron chi connectivity index (χ3n) is 3.36. The molecular weight excluding hydrogens is 326 g/mol. The third kappa shape index (κ3) is 5.18. The van der Waals surface area contributed by atoms with Crippen LogP contribution in [0.25, 0.3) is 0 Å². The molecule has 0 unspecified atom stereocenters. The summed E-state index contributed by atoms with van der Waals surface area (Å²) in [6.07, 6.45) is 1.04. The molecule has 0 aromatic heterocycles. The van der Waals surface area contributed by atoms with E-state index in [9.17, 15) is 0 Å². The van der Waals surface area contributed by atoms with Gasteiger partial charge in [0, 0.05) is 17.1 Å². The molecular formula is C18H22BrNO. The predicted octanol–water partition coefficient (Wildman–Crippen LogP) is 5.09. The molecule has 0 bridgehead atoms. The molecule has 0 radical (unpaired) electrons. The quantitative estimate of drug-likeness (QED) is 0.753. The maximum atomic E-state index is 5.59. The predicted molar refractivity (Wildman–Crippen MR) is 91.6 cm³/mol. The van der Waals surface area contributed by atoms with Gasteiger partial charge in [-0.05, 0) is 48.7 Å². The number of halogens is 1. The topological polar surface area (TPSA) is 21.3 Å². The Labute approximate surface area is 135 Å². The van der Waals surface area contributed by atoms with Crippen LogP contribution in [0.4, 0.5) is 0 Å². The minimum absolute atomic E-state index is 0.318. The monoisotopic (exact) mass is 347 g/mol. The Bertz CT molecular complexity index is 553. The molecule has 1 N–H and O–H groups in total. The summed E-state index contributed by atoms with van der Waals surface area (Å²) in [6.45, 7) is 5.92. The number of hydrogen-bond donors (Lipinski definition) is 1. The summed E-state index contributed by atoms with van der Waals surface area (Å²) >= 11 is 3.51. The Morgan fingerprint density at radius 2 is 1.90 bits per heavy atom. The van der Waals surface area contributed by atoms with Gasteiger partial charge in [-0.2, -0.15) is 0 Å². The van der Waals surface area contributed by atoms with Crippen LogP contribution in [0.2, 0.25) is 0 Å². The lowest BCUT2D eigenvalue weighted by Crippen LogP contribution is -2.18. The summed E-state index contributed by atoms with van der Waals surface area (Å²) in [5.74, 6) is 0.945. The number of nitrogens with one attached hydrogen (secondary N) is 1. The van der Waals surface area contributed by atoms with Gasteiger partial charge < -0.3 is 10.1 Å². The molecule has 2 rings (SSSR count). The van der Waals surface area contributed by atoms with E-state index in [-0.39, 0.29) is 0 Å². The van der Waals surface area contributed by atoms with E-state index in [1.54, 1.807) is 0 Å². The number of benzene rings is 2. The molecule has 2 aromatic carbocycles. The van der Waals surface area contributed by atoms with E-state index >= 15 is 0 Å². The fraction of sp³-hybridized carbons (Fsp3) is 0.333. The highest BCUT2D eigenvalue weighted by molar-refractivity contribution is 9.10. The van der Waals surface area contributed by atoms with Gasteiger partial charge in [-0.3, -0.25) is 0 Å². The lowest BCUT2D eigenvalue weighted by molar-refractivity contribution is 0.317. The second kappa shape index (κ2) is 8.20. The molecule has 0 saturated heterocycles. The van der Waals surface area contributed by atoms with E-state index in [0.717, 1.165) is 29.8 Å². The van der Waals surface area contributed by atoms with Gasteiger partial charge in [-0.1, -0.05) is 47.1 Å². The highest BCUT2D eigenvalue weighted by Crippen LogP contribution is 2.19. The molecule has 1 atom stereocenters. The van der Waals surface area contributed by atoms with Crippen molar-refractivity contribution in [3.8, 4) is 5.75 Å². The summed E-state index contributed by atoms with van der Waals surface area (Å²) in [6, 6.07) is 17.0. The number of ether oxygens (including phenoxy) is 1. The van der Waals surface area contributed by atoms with Gasteiger partial charge in [-0.15, -0.1) is 0 Å². The van der Waals surface area contributed by atoms with Crippen molar-refractivity contribution in [3.05, 3.63) is 64.1 Å². The Kier molecular flexibility index (Phi) is 6.27. The zero-order valence-corrected chi connectivity index (χ0v) is 14.2. The molecule has 21 heavy (non-hydrogen) atoms. The van der Waals surface area contributed by atoms with Crippen LogP contribution in [0.1, 0.15) is 37.4 Å². The molecule has 3 heteroatoms. The maximum absolute atomic E-state index is 5.59. The molecule has 2 nitrogen and oxygen atoms in total. The van der Waals surface area contributed by atoms with E-state index in [0.29, 0.717) is 6.04 Å². The van der Waals surface area contributed by atoms with Crippen molar-refractivity contribution < 1.29 is 4.74 Å². The molecule has 0 aliphatic rings. The Hall–Kier alpha value is -1.32. The molecule has 0 aliphatic carbocycles. The Morgan fingerprint density at radius 1 is 1.14 bits per heavy atom. The van der Waals surface area contributed by atoms with Crippen molar-refractivity contribution in [2.45, 2.75) is 32.9 Å². The van der Waals surface area contributed by atoms with Crippen LogP contribution in [0.3, 0.4) is 0 Å². The highest BCUT2D eigenvalue weighted by atomic mass is 79.9. The van der Waals surface area contributed by atoms with Crippen molar-refractivity contribution in [3.63, 3.8) is 0 Å². The van der Waals surface area contributed by atoms with Crippen molar-refractivity contribution in [2.75, 3.05) is 6.61 Å². The van der Waals surface area contributed by atoms with E-state index < -0.39 is 0 Å². The van der Waals surface area contributed by atoms with E-state index in [1.165, 1.54) is 11.1 Å². The van der Waals surface area contributed by atoms with Gasteiger partial charge >= 0.3 is 0 Å². The van der Waals surface area contributed by atoms with Crippen LogP contribution < -0.4 is 10.1 Å². The second-order valence-electron chi connectivity index (χ2n) is 5.15. The first-order chi connectivity index (χ1) is 10.2. The molecule has 0 amide bonds. The minimum Gasteiger partial charge on any atom is -0.494 e. The van der Waals surface area contributed by atoms with E-state index in [4.69, 9.17) is 4.74 Å². The highest BCUT2D eigenvalue weighted by Gasteiger charge is 2.05. The van der Waals surface area contributed by atoms with Gasteiger partial charge in [0.05, 0.1) is 6.61 Å². The first-order valence-electron chi connectivity index (χ1n) is 7.39. The minimum atomic E-state index is 0.318. The smallest absolute Gasteiger partial charge is 0.119 e. The van der Waals surface area contributed by atoms with Crippen LogP contribution in [-0.2, 0) is 6.54 Å². The summed E-state index contributed by atoms with van der Waals surface area (Å²) < 4.78 is 6.71. The summed E-state index contributed by atoms with van der Waals surface area (Å²) in [4.78, 5) is 0. The van der Waals surface area contributed by atoms with Gasteiger partial charge in [0.15, 0.2) is 0 Å². The Balaban J connectivity index is 1.87. The van der Waals surface area contributed by atoms with E-state index in [2.05, 4.69) is 65.4 Å². The fourth-order valence-electron chi connectivity index (χ4n) is 2.09. The standard InChI is InChI=1S/C18H22BrNO/c1-3-11-21-18-9-7-15(8-10-18)13-20-14(2)16-5-4-6-17(19)12-16/h4-10,12,14,20H,3,11,13H2,1-2H3/t14-/m1/s1. The van der Waals surface area contributed by atoms with Crippen molar-refractivity contribution >= 4 is 15.9 Å². The first kappa shape index (κ1) is 16.1. The van der Waals surface area contributed by atoms with E-state index in [1.807, 2.05) is 18.2 Å². The zero-order valence-electron chi connectivity index (χ0n) is 12.6.